The first-order valence-electron chi connectivity index (χ1n) is 2.94. The van der Waals surface area contributed by atoms with E-state index in [0.29, 0.717) is 6.54 Å². The van der Waals surface area contributed by atoms with Gasteiger partial charge < -0.3 is 5.11 Å². The van der Waals surface area contributed by atoms with E-state index in [1.165, 1.54) is 5.01 Å². The van der Waals surface area contributed by atoms with Gasteiger partial charge in [0, 0.05) is 13.6 Å². The van der Waals surface area contributed by atoms with Crippen molar-refractivity contribution in [1.29, 1.82) is 0 Å². The maximum atomic E-state index is 10.1. The number of hydrogen-bond acceptors (Lipinski definition) is 3. The van der Waals surface area contributed by atoms with Crippen molar-refractivity contribution in [1.82, 2.24) is 10.4 Å². The average Bonchev–Trinajstić information content (AvgIpc) is 1.82. The van der Waals surface area contributed by atoms with Crippen molar-refractivity contribution >= 4 is 5.97 Å². The van der Waals surface area contributed by atoms with Gasteiger partial charge in [-0.2, -0.15) is 0 Å². The molecule has 0 saturated heterocycles. The van der Waals surface area contributed by atoms with Crippen LogP contribution in [0.1, 0.15) is 0 Å². The number of carboxylic acid groups (broad SMARTS) is 1. The third kappa shape index (κ3) is 5.27. The molecule has 0 radical (unpaired) electrons. The largest absolute Gasteiger partial charge is 0.480 e. The van der Waals surface area contributed by atoms with Crippen molar-refractivity contribution < 1.29 is 9.90 Å². The number of carboxylic acids is 1. The minimum absolute atomic E-state index is 0.00611. The van der Waals surface area contributed by atoms with E-state index in [9.17, 15) is 4.79 Å². The van der Waals surface area contributed by atoms with E-state index < -0.39 is 5.97 Å². The molecule has 0 atom stereocenters. The quantitative estimate of drug-likeness (QED) is 0.410. The molecule has 0 aromatic rings. The molecular formula is C6H12N2O2. The van der Waals surface area contributed by atoms with Crippen LogP contribution in [-0.4, -0.2) is 36.2 Å². The second kappa shape index (κ2) is 4.96. The number of aliphatic carboxylic acids is 1. The van der Waals surface area contributed by atoms with Crippen LogP contribution in [0.5, 0.6) is 0 Å². The first kappa shape index (κ1) is 9.13. The lowest BCUT2D eigenvalue weighted by Crippen LogP contribution is -2.38. The molecule has 0 aromatic heterocycles. The van der Waals surface area contributed by atoms with E-state index in [0.717, 1.165) is 0 Å². The zero-order valence-corrected chi connectivity index (χ0v) is 6.00. The van der Waals surface area contributed by atoms with Gasteiger partial charge in [-0.1, -0.05) is 6.08 Å². The molecule has 0 saturated carbocycles. The normalized spacial score (nSPS) is 9.80. The van der Waals surface area contributed by atoms with Crippen LogP contribution in [0.2, 0.25) is 0 Å². The number of hydrogen-bond donors (Lipinski definition) is 2. The second-order valence-corrected chi connectivity index (χ2v) is 1.90. The standard InChI is InChI=1S/C6H12N2O2/c1-3-4-7-8(2)5-6(9)10/h3,7H,1,4-5H2,2H3,(H,9,10). The highest BCUT2D eigenvalue weighted by Crippen LogP contribution is 1.73. The summed E-state index contributed by atoms with van der Waals surface area (Å²) in [5.74, 6) is -0.848. The van der Waals surface area contributed by atoms with Crippen LogP contribution >= 0.6 is 0 Å². The summed E-state index contributed by atoms with van der Waals surface area (Å²) in [7, 11) is 1.66. The van der Waals surface area contributed by atoms with Gasteiger partial charge >= 0.3 is 5.97 Å². The maximum Gasteiger partial charge on any atom is 0.319 e. The number of hydrazine groups is 1. The molecule has 0 bridgehead atoms. The molecule has 0 aliphatic carbocycles. The Labute approximate surface area is 60.1 Å². The maximum absolute atomic E-state index is 10.1. The Morgan fingerprint density at radius 3 is 2.90 bits per heavy atom. The topological polar surface area (TPSA) is 52.6 Å². The molecule has 0 amide bonds. The predicted molar refractivity (Wildman–Crippen MR) is 38.5 cm³/mol. The Morgan fingerprint density at radius 1 is 1.90 bits per heavy atom. The summed E-state index contributed by atoms with van der Waals surface area (Å²) in [6.45, 7) is 4.06. The molecule has 10 heavy (non-hydrogen) atoms. The van der Waals surface area contributed by atoms with Gasteiger partial charge in [0.1, 0.15) is 6.54 Å². The van der Waals surface area contributed by atoms with E-state index in [1.54, 1.807) is 13.1 Å². The molecule has 0 spiro atoms. The molecule has 2 N–H and O–H groups in total. The molecule has 0 unspecified atom stereocenters. The van der Waals surface area contributed by atoms with Gasteiger partial charge in [0.25, 0.3) is 0 Å². The van der Waals surface area contributed by atoms with E-state index in [4.69, 9.17) is 5.11 Å². The SMILES string of the molecule is C=CCNN(C)CC(=O)O. The number of nitrogens with zero attached hydrogens (tertiary/aromatic N) is 1. The van der Waals surface area contributed by atoms with Crippen LogP contribution in [0.3, 0.4) is 0 Å². The molecule has 0 aromatic carbocycles. The monoisotopic (exact) mass is 144 g/mol. The van der Waals surface area contributed by atoms with Crippen molar-refractivity contribution in [2.45, 2.75) is 0 Å². The van der Waals surface area contributed by atoms with Crippen molar-refractivity contribution in [2.75, 3.05) is 20.1 Å². The fourth-order valence-electron chi connectivity index (χ4n) is 0.479. The van der Waals surface area contributed by atoms with Gasteiger partial charge in [0.05, 0.1) is 0 Å². The highest BCUT2D eigenvalue weighted by Gasteiger charge is 2.00. The van der Waals surface area contributed by atoms with Gasteiger partial charge in [0.2, 0.25) is 0 Å². The lowest BCUT2D eigenvalue weighted by molar-refractivity contribution is -0.138. The molecule has 0 aliphatic heterocycles. The lowest BCUT2D eigenvalue weighted by Gasteiger charge is -2.13. The zero-order chi connectivity index (χ0) is 7.98. The summed E-state index contributed by atoms with van der Waals surface area (Å²) in [5, 5.41) is 9.77. The van der Waals surface area contributed by atoms with Gasteiger partial charge in [0.15, 0.2) is 0 Å². The van der Waals surface area contributed by atoms with E-state index in [1.807, 2.05) is 0 Å². The summed E-state index contributed by atoms with van der Waals surface area (Å²) >= 11 is 0. The Hall–Kier alpha value is -0.870. The van der Waals surface area contributed by atoms with Gasteiger partial charge in [-0.3, -0.25) is 10.2 Å². The third-order valence-corrected chi connectivity index (χ3v) is 0.878. The first-order valence-corrected chi connectivity index (χ1v) is 2.94. The van der Waals surface area contributed by atoms with Crippen LogP contribution in [0.25, 0.3) is 0 Å². The molecule has 4 heteroatoms. The predicted octanol–water partition coefficient (Wildman–Crippen LogP) is -0.307. The highest BCUT2D eigenvalue weighted by molar-refractivity contribution is 5.68. The third-order valence-electron chi connectivity index (χ3n) is 0.878. The summed E-state index contributed by atoms with van der Waals surface area (Å²) in [5.41, 5.74) is 2.80. The number of carbonyl (C=O) groups is 1. The number of likely N-dealkylation sites (N-methyl/N-ethyl adjacent to an activating group) is 1. The molecular weight excluding hydrogens is 132 g/mol. The summed E-state index contributed by atoms with van der Waals surface area (Å²) in [6.07, 6.45) is 1.67. The van der Waals surface area contributed by atoms with Crippen molar-refractivity contribution in [3.8, 4) is 0 Å². The van der Waals surface area contributed by atoms with E-state index >= 15 is 0 Å². The van der Waals surface area contributed by atoms with Crippen LogP contribution in [0, 0.1) is 0 Å². The Balaban J connectivity index is 3.33. The molecule has 58 valence electrons. The van der Waals surface area contributed by atoms with E-state index in [-0.39, 0.29) is 6.54 Å². The van der Waals surface area contributed by atoms with Crippen molar-refractivity contribution in [2.24, 2.45) is 0 Å². The molecule has 4 nitrogen and oxygen atoms in total. The Kier molecular flexibility index (Phi) is 4.53. The fraction of sp³-hybridized carbons (Fsp3) is 0.500. The molecule has 0 heterocycles. The smallest absolute Gasteiger partial charge is 0.319 e. The number of nitrogens with one attached hydrogen (secondary N) is 1. The van der Waals surface area contributed by atoms with E-state index in [2.05, 4.69) is 12.0 Å². The van der Waals surface area contributed by atoms with Crippen LogP contribution < -0.4 is 5.43 Å². The highest BCUT2D eigenvalue weighted by atomic mass is 16.4. The molecule has 0 rings (SSSR count). The fourth-order valence-corrected chi connectivity index (χ4v) is 0.479. The Morgan fingerprint density at radius 2 is 2.50 bits per heavy atom. The van der Waals surface area contributed by atoms with Gasteiger partial charge in [-0.05, 0) is 0 Å². The van der Waals surface area contributed by atoms with Gasteiger partial charge in [-0.25, -0.2) is 5.01 Å². The Bertz CT molecular complexity index is 125. The average molecular weight is 144 g/mol. The molecule has 0 aliphatic rings. The molecule has 0 fully saturated rings. The van der Waals surface area contributed by atoms with Crippen molar-refractivity contribution in [3.63, 3.8) is 0 Å². The summed E-state index contributed by atoms with van der Waals surface area (Å²) < 4.78 is 0. The van der Waals surface area contributed by atoms with Crippen LogP contribution in [0.4, 0.5) is 0 Å². The lowest BCUT2D eigenvalue weighted by atomic mass is 10.6. The summed E-state index contributed by atoms with van der Waals surface area (Å²) in [4.78, 5) is 10.1. The zero-order valence-electron chi connectivity index (χ0n) is 6.00. The second-order valence-electron chi connectivity index (χ2n) is 1.90. The number of rotatable bonds is 5. The van der Waals surface area contributed by atoms with Crippen LogP contribution in [0.15, 0.2) is 12.7 Å². The first-order chi connectivity index (χ1) is 4.66. The minimum atomic E-state index is -0.848. The summed E-state index contributed by atoms with van der Waals surface area (Å²) in [6, 6.07) is 0. The van der Waals surface area contributed by atoms with Gasteiger partial charge in [-0.15, -0.1) is 6.58 Å². The van der Waals surface area contributed by atoms with Crippen molar-refractivity contribution in [3.05, 3.63) is 12.7 Å². The minimum Gasteiger partial charge on any atom is -0.480 e. The van der Waals surface area contributed by atoms with Crippen LogP contribution in [-0.2, 0) is 4.79 Å².